The van der Waals surface area contributed by atoms with Gasteiger partial charge >= 0.3 is 0 Å². The first-order valence-electron chi connectivity index (χ1n) is 5.04. The third-order valence-electron chi connectivity index (χ3n) is 2.19. The lowest BCUT2D eigenvalue weighted by Crippen LogP contribution is -2.30. The number of nitrogens with one attached hydrogen (secondary N) is 1. The van der Waals surface area contributed by atoms with Crippen LogP contribution in [0, 0.1) is 0 Å². The number of hydrogen-bond acceptors (Lipinski definition) is 4. The molecule has 86 valence electrons. The van der Waals surface area contributed by atoms with Crippen molar-refractivity contribution in [3.05, 3.63) is 34.9 Å². The Morgan fingerprint density at radius 3 is 3.12 bits per heavy atom. The van der Waals surface area contributed by atoms with Crippen molar-refractivity contribution in [1.29, 1.82) is 0 Å². The molecule has 0 aliphatic heterocycles. The zero-order valence-electron chi connectivity index (χ0n) is 8.93. The summed E-state index contributed by atoms with van der Waals surface area (Å²) in [5.41, 5.74) is 0.911. The summed E-state index contributed by atoms with van der Waals surface area (Å²) >= 11 is 3.37. The maximum Gasteiger partial charge on any atom is 0.124 e. The van der Waals surface area contributed by atoms with Crippen molar-refractivity contribution >= 4 is 15.9 Å². The van der Waals surface area contributed by atoms with Crippen molar-refractivity contribution in [1.82, 2.24) is 20.3 Å². The van der Waals surface area contributed by atoms with Gasteiger partial charge in [0.2, 0.25) is 0 Å². The monoisotopic (exact) mass is 284 g/mol. The van der Waals surface area contributed by atoms with Gasteiger partial charge in [-0.3, -0.25) is 4.68 Å². The molecule has 1 N–H and O–H groups in total. The second kappa shape index (κ2) is 5.27. The van der Waals surface area contributed by atoms with Crippen molar-refractivity contribution in [2.45, 2.75) is 26.1 Å². The average molecular weight is 285 g/mol. The molecule has 0 fully saturated rings. The van der Waals surface area contributed by atoms with Gasteiger partial charge in [0, 0.05) is 24.8 Å². The summed E-state index contributed by atoms with van der Waals surface area (Å²) in [5.74, 6) is 0. The van der Waals surface area contributed by atoms with Gasteiger partial charge in [0.25, 0.3) is 0 Å². The van der Waals surface area contributed by atoms with E-state index in [0.717, 1.165) is 16.7 Å². The van der Waals surface area contributed by atoms with Gasteiger partial charge in [-0.1, -0.05) is 5.16 Å². The van der Waals surface area contributed by atoms with Crippen LogP contribution in [0.3, 0.4) is 0 Å². The van der Waals surface area contributed by atoms with Gasteiger partial charge in [-0.15, -0.1) is 0 Å². The normalized spacial score (nSPS) is 12.9. The summed E-state index contributed by atoms with van der Waals surface area (Å²) in [6.45, 7) is 3.64. The highest BCUT2D eigenvalue weighted by Gasteiger charge is 2.04. The molecular weight excluding hydrogens is 272 g/mol. The number of halogens is 1. The highest BCUT2D eigenvalue weighted by Crippen LogP contribution is 2.06. The van der Waals surface area contributed by atoms with Crippen LogP contribution in [0.25, 0.3) is 0 Å². The SMILES string of the molecule is CC(Cn1cc(Br)cn1)NCc1ccon1. The Balaban J connectivity index is 1.78. The minimum absolute atomic E-state index is 0.323. The molecule has 2 aromatic rings. The molecule has 0 aliphatic rings. The zero-order valence-corrected chi connectivity index (χ0v) is 10.5. The average Bonchev–Trinajstić information content (AvgIpc) is 2.87. The van der Waals surface area contributed by atoms with Crippen molar-refractivity contribution in [3.8, 4) is 0 Å². The van der Waals surface area contributed by atoms with Crippen LogP contribution in [-0.2, 0) is 13.1 Å². The summed E-state index contributed by atoms with van der Waals surface area (Å²) in [4.78, 5) is 0. The predicted molar refractivity (Wildman–Crippen MR) is 62.7 cm³/mol. The second-order valence-electron chi connectivity index (χ2n) is 3.65. The number of rotatable bonds is 5. The first-order chi connectivity index (χ1) is 7.74. The molecule has 0 saturated carbocycles. The first kappa shape index (κ1) is 11.3. The molecule has 0 spiro atoms. The fourth-order valence-electron chi connectivity index (χ4n) is 1.39. The lowest BCUT2D eigenvalue weighted by atomic mass is 10.3. The van der Waals surface area contributed by atoms with E-state index in [9.17, 15) is 0 Å². The van der Waals surface area contributed by atoms with Gasteiger partial charge in [0.1, 0.15) is 6.26 Å². The molecule has 2 aromatic heterocycles. The van der Waals surface area contributed by atoms with Crippen LogP contribution in [0.5, 0.6) is 0 Å². The van der Waals surface area contributed by atoms with Gasteiger partial charge in [0.05, 0.1) is 22.9 Å². The fraction of sp³-hybridized carbons (Fsp3) is 0.400. The Morgan fingerprint density at radius 1 is 1.62 bits per heavy atom. The standard InChI is InChI=1S/C10H13BrN4O/c1-8(6-15-7-9(11)4-13-15)12-5-10-2-3-16-14-10/h2-4,7-8,12H,5-6H2,1H3. The number of nitrogens with zero attached hydrogens (tertiary/aromatic N) is 3. The van der Waals surface area contributed by atoms with E-state index >= 15 is 0 Å². The largest absolute Gasteiger partial charge is 0.364 e. The Hall–Kier alpha value is -1.14. The maximum atomic E-state index is 4.75. The Kier molecular flexibility index (Phi) is 3.74. The maximum absolute atomic E-state index is 4.75. The van der Waals surface area contributed by atoms with Crippen molar-refractivity contribution in [3.63, 3.8) is 0 Å². The van der Waals surface area contributed by atoms with E-state index in [1.54, 1.807) is 12.5 Å². The summed E-state index contributed by atoms with van der Waals surface area (Å²) in [5, 5.41) is 11.4. The van der Waals surface area contributed by atoms with E-state index < -0.39 is 0 Å². The van der Waals surface area contributed by atoms with Crippen LogP contribution >= 0.6 is 15.9 Å². The van der Waals surface area contributed by atoms with Crippen molar-refractivity contribution < 1.29 is 4.52 Å². The second-order valence-corrected chi connectivity index (χ2v) is 4.57. The van der Waals surface area contributed by atoms with E-state index in [0.29, 0.717) is 12.6 Å². The first-order valence-corrected chi connectivity index (χ1v) is 5.84. The molecule has 0 amide bonds. The predicted octanol–water partition coefficient (Wildman–Crippen LogP) is 1.81. The molecule has 5 nitrogen and oxygen atoms in total. The van der Waals surface area contributed by atoms with Gasteiger partial charge in [-0.2, -0.15) is 5.10 Å². The Morgan fingerprint density at radius 2 is 2.50 bits per heavy atom. The highest BCUT2D eigenvalue weighted by atomic mass is 79.9. The van der Waals surface area contributed by atoms with Gasteiger partial charge < -0.3 is 9.84 Å². The van der Waals surface area contributed by atoms with Crippen LogP contribution in [-0.4, -0.2) is 21.0 Å². The molecule has 16 heavy (non-hydrogen) atoms. The zero-order chi connectivity index (χ0) is 11.4. The van der Waals surface area contributed by atoms with Gasteiger partial charge in [-0.25, -0.2) is 0 Å². The summed E-state index contributed by atoms with van der Waals surface area (Å²) in [6, 6.07) is 2.17. The van der Waals surface area contributed by atoms with Crippen molar-refractivity contribution in [2.75, 3.05) is 0 Å². The van der Waals surface area contributed by atoms with Gasteiger partial charge in [0.15, 0.2) is 0 Å². The lowest BCUT2D eigenvalue weighted by molar-refractivity contribution is 0.398. The molecule has 0 bridgehead atoms. The lowest BCUT2D eigenvalue weighted by Gasteiger charge is -2.12. The van der Waals surface area contributed by atoms with Crippen LogP contribution in [0.4, 0.5) is 0 Å². The van der Waals surface area contributed by atoms with E-state index in [-0.39, 0.29) is 0 Å². The number of hydrogen-bond donors (Lipinski definition) is 1. The minimum atomic E-state index is 0.323. The Bertz CT molecular complexity index is 426. The molecule has 0 aliphatic carbocycles. The molecular formula is C10H13BrN4O. The van der Waals surface area contributed by atoms with Gasteiger partial charge in [-0.05, 0) is 22.9 Å². The molecule has 1 atom stereocenters. The highest BCUT2D eigenvalue weighted by molar-refractivity contribution is 9.10. The molecule has 0 aromatic carbocycles. The van der Waals surface area contributed by atoms with Crippen molar-refractivity contribution in [2.24, 2.45) is 0 Å². The molecule has 0 saturated heterocycles. The fourth-order valence-corrected chi connectivity index (χ4v) is 1.72. The summed E-state index contributed by atoms with van der Waals surface area (Å²) in [7, 11) is 0. The molecule has 1 unspecified atom stereocenters. The topological polar surface area (TPSA) is 55.9 Å². The summed E-state index contributed by atoms with van der Waals surface area (Å²) < 4.78 is 7.64. The molecule has 0 radical (unpaired) electrons. The molecule has 6 heteroatoms. The van der Waals surface area contributed by atoms with E-state index in [4.69, 9.17) is 4.52 Å². The van der Waals surface area contributed by atoms with Crippen LogP contribution in [0.15, 0.2) is 33.7 Å². The minimum Gasteiger partial charge on any atom is -0.364 e. The quantitative estimate of drug-likeness (QED) is 0.910. The van der Waals surface area contributed by atoms with E-state index in [2.05, 4.69) is 38.4 Å². The molecule has 2 rings (SSSR count). The third kappa shape index (κ3) is 3.18. The third-order valence-corrected chi connectivity index (χ3v) is 2.60. The Labute approximate surface area is 102 Å². The molecule has 2 heterocycles. The van der Waals surface area contributed by atoms with Crippen LogP contribution < -0.4 is 5.32 Å². The van der Waals surface area contributed by atoms with Crippen LogP contribution in [0.2, 0.25) is 0 Å². The summed E-state index contributed by atoms with van der Waals surface area (Å²) in [6.07, 6.45) is 5.31. The van der Waals surface area contributed by atoms with E-state index in [1.165, 1.54) is 0 Å². The van der Waals surface area contributed by atoms with Crippen LogP contribution in [0.1, 0.15) is 12.6 Å². The number of aromatic nitrogens is 3. The van der Waals surface area contributed by atoms with E-state index in [1.807, 2.05) is 16.9 Å². The smallest absolute Gasteiger partial charge is 0.124 e.